The molecule has 3 aromatic carbocycles. The van der Waals surface area contributed by atoms with Gasteiger partial charge in [0.25, 0.3) is 5.91 Å². The number of carbonyl (C=O) groups is 1. The van der Waals surface area contributed by atoms with Crippen molar-refractivity contribution in [1.82, 2.24) is 25.3 Å². The average molecular weight is 747 g/mol. The second-order valence-corrected chi connectivity index (χ2v) is 13.1. The number of methoxy groups -OCH3 is 2. The summed E-state index contributed by atoms with van der Waals surface area (Å²) in [6, 6.07) is 23.6. The zero-order valence-corrected chi connectivity index (χ0v) is 31.2. The first-order valence-electron chi connectivity index (χ1n) is 18.4. The number of morpholine rings is 1. The van der Waals surface area contributed by atoms with Crippen LogP contribution in [0.25, 0.3) is 11.3 Å². The van der Waals surface area contributed by atoms with E-state index in [1.54, 1.807) is 14.2 Å². The van der Waals surface area contributed by atoms with Crippen molar-refractivity contribution in [1.29, 1.82) is 0 Å². The van der Waals surface area contributed by atoms with Gasteiger partial charge in [-0.3, -0.25) is 4.79 Å². The van der Waals surface area contributed by atoms with Gasteiger partial charge >= 0.3 is 0 Å². The van der Waals surface area contributed by atoms with Gasteiger partial charge in [0.05, 0.1) is 52.9 Å². The number of anilines is 4. The van der Waals surface area contributed by atoms with E-state index in [0.717, 1.165) is 57.4 Å². The Morgan fingerprint density at radius 1 is 0.836 bits per heavy atom. The van der Waals surface area contributed by atoms with Crippen LogP contribution in [0.1, 0.15) is 27.0 Å². The minimum atomic E-state index is -0.185. The van der Waals surface area contributed by atoms with Crippen LogP contribution in [0.2, 0.25) is 0 Å². The molecule has 2 aromatic heterocycles. The lowest BCUT2D eigenvalue weighted by Crippen LogP contribution is -2.37. The molecule has 4 heterocycles. The topological polar surface area (TPSA) is 148 Å². The number of aliphatic hydroxyl groups is 1. The number of aliphatic hydroxyl groups excluding tert-OH is 1. The average Bonchev–Trinajstić information content (AvgIpc) is 3.68. The van der Waals surface area contributed by atoms with Gasteiger partial charge in [0.1, 0.15) is 17.3 Å². The van der Waals surface area contributed by atoms with E-state index in [4.69, 9.17) is 44.0 Å². The largest absolute Gasteiger partial charge is 0.497 e. The number of carbonyl (C=O) groups excluding carboxylic acids is 1. The predicted molar refractivity (Wildman–Crippen MR) is 209 cm³/mol. The molecule has 0 unspecified atom stereocenters. The van der Waals surface area contributed by atoms with E-state index in [1.165, 1.54) is 0 Å². The fraction of sp³-hybridized carbons (Fsp3) is 0.341. The number of amides is 1. The summed E-state index contributed by atoms with van der Waals surface area (Å²) < 4.78 is 21.6. The minimum Gasteiger partial charge on any atom is -0.497 e. The first-order chi connectivity index (χ1) is 27.0. The molecule has 14 nitrogen and oxygen atoms in total. The standard InChI is InChI=1S/C41H46N8O6/c1-52-34-11-3-29(4-12-34)27-48(28-30-5-13-35(53-2)14-6-30)40-43-25-32(26-44-40)37-36-15-17-49(38(36)46-41(45-37)47-18-22-55-23-19-47)33-9-7-31(8-10-33)39(51)42-16-21-54-24-20-50/h3-14,25-26,50H,15-24,27-28H2,1-2H3,(H,42,51). The fourth-order valence-electron chi connectivity index (χ4n) is 6.64. The Bertz CT molecular complexity index is 1960. The normalized spacial score (nSPS) is 13.7. The molecule has 14 heteroatoms. The summed E-state index contributed by atoms with van der Waals surface area (Å²) in [6.45, 7) is 5.36. The van der Waals surface area contributed by atoms with Crippen molar-refractivity contribution >= 4 is 29.3 Å². The lowest BCUT2D eigenvalue weighted by Gasteiger charge is -2.28. The number of aromatic nitrogens is 4. The van der Waals surface area contributed by atoms with E-state index in [9.17, 15) is 4.79 Å². The Kier molecular flexibility index (Phi) is 12.3. The van der Waals surface area contributed by atoms with Gasteiger partial charge in [-0.05, 0) is 66.1 Å². The Labute approximate surface area is 320 Å². The molecule has 2 N–H and O–H groups in total. The van der Waals surface area contributed by atoms with Crippen LogP contribution in [-0.2, 0) is 29.0 Å². The Morgan fingerprint density at radius 2 is 1.47 bits per heavy atom. The number of nitrogens with zero attached hydrogens (tertiary/aromatic N) is 7. The predicted octanol–water partition coefficient (Wildman–Crippen LogP) is 4.43. The van der Waals surface area contributed by atoms with Gasteiger partial charge in [0.15, 0.2) is 0 Å². The molecule has 1 saturated heterocycles. The van der Waals surface area contributed by atoms with Crippen LogP contribution in [0.4, 0.5) is 23.4 Å². The molecule has 0 radical (unpaired) electrons. The van der Waals surface area contributed by atoms with Gasteiger partial charge in [-0.1, -0.05) is 24.3 Å². The van der Waals surface area contributed by atoms with Crippen molar-refractivity contribution in [3.8, 4) is 22.8 Å². The first-order valence-corrected chi connectivity index (χ1v) is 18.4. The van der Waals surface area contributed by atoms with Crippen LogP contribution >= 0.6 is 0 Å². The molecule has 2 aliphatic rings. The van der Waals surface area contributed by atoms with E-state index >= 15 is 0 Å². The zero-order valence-electron chi connectivity index (χ0n) is 31.2. The van der Waals surface area contributed by atoms with Gasteiger partial charge in [0, 0.05) is 74.0 Å². The van der Waals surface area contributed by atoms with Crippen LogP contribution in [-0.4, -0.2) is 104 Å². The minimum absolute atomic E-state index is 0.0493. The number of hydrogen-bond acceptors (Lipinski definition) is 13. The number of rotatable bonds is 16. The Balaban J connectivity index is 1.16. The van der Waals surface area contributed by atoms with Gasteiger partial charge < -0.3 is 44.1 Å². The molecule has 0 spiro atoms. The van der Waals surface area contributed by atoms with E-state index in [-0.39, 0.29) is 19.1 Å². The quantitative estimate of drug-likeness (QED) is 0.137. The Morgan fingerprint density at radius 3 is 2.07 bits per heavy atom. The summed E-state index contributed by atoms with van der Waals surface area (Å²) in [6.07, 6.45) is 4.44. The summed E-state index contributed by atoms with van der Waals surface area (Å²) >= 11 is 0. The second kappa shape index (κ2) is 18.0. The number of nitrogens with one attached hydrogen (secondary N) is 1. The monoisotopic (exact) mass is 746 g/mol. The molecule has 5 aromatic rings. The summed E-state index contributed by atoms with van der Waals surface area (Å²) in [5.41, 5.74) is 6.31. The van der Waals surface area contributed by atoms with E-state index in [0.29, 0.717) is 76.5 Å². The third-order valence-corrected chi connectivity index (χ3v) is 9.58. The molecule has 1 fully saturated rings. The molecule has 286 valence electrons. The summed E-state index contributed by atoms with van der Waals surface area (Å²) in [5, 5.41) is 11.7. The molecule has 0 aliphatic carbocycles. The van der Waals surface area contributed by atoms with Crippen molar-refractivity contribution in [2.24, 2.45) is 0 Å². The highest BCUT2D eigenvalue weighted by atomic mass is 16.5. The molecule has 0 bridgehead atoms. The van der Waals surface area contributed by atoms with Gasteiger partial charge in [0.2, 0.25) is 11.9 Å². The maximum absolute atomic E-state index is 12.7. The molecule has 7 rings (SSSR count). The fourth-order valence-corrected chi connectivity index (χ4v) is 6.64. The maximum atomic E-state index is 12.7. The lowest BCUT2D eigenvalue weighted by atomic mass is 10.1. The number of ether oxygens (including phenoxy) is 4. The van der Waals surface area contributed by atoms with E-state index in [2.05, 4.69) is 44.3 Å². The smallest absolute Gasteiger partial charge is 0.251 e. The molecule has 0 saturated carbocycles. The van der Waals surface area contributed by atoms with Crippen molar-refractivity contribution in [3.63, 3.8) is 0 Å². The van der Waals surface area contributed by atoms with Crippen LogP contribution in [0.5, 0.6) is 11.5 Å². The van der Waals surface area contributed by atoms with Crippen LogP contribution < -0.4 is 29.5 Å². The first kappa shape index (κ1) is 37.5. The Hall–Kier alpha value is -5.83. The van der Waals surface area contributed by atoms with Gasteiger partial charge in [-0.2, -0.15) is 4.98 Å². The zero-order chi connectivity index (χ0) is 38.0. The summed E-state index contributed by atoms with van der Waals surface area (Å²) in [5.74, 6) is 3.47. The van der Waals surface area contributed by atoms with Crippen molar-refractivity contribution < 1.29 is 28.8 Å². The van der Waals surface area contributed by atoms with Crippen LogP contribution in [0.3, 0.4) is 0 Å². The molecular formula is C41H46N8O6. The SMILES string of the molecule is COc1ccc(CN(Cc2ccc(OC)cc2)c2ncc(-c3nc(N4CCOCC4)nc4c3CCN4c3ccc(C(=O)NCCOCCO)cc3)cn2)cc1. The summed E-state index contributed by atoms with van der Waals surface area (Å²) in [4.78, 5) is 39.3. The van der Waals surface area contributed by atoms with Crippen molar-refractivity contribution in [3.05, 3.63) is 107 Å². The van der Waals surface area contributed by atoms with E-state index in [1.807, 2.05) is 60.9 Å². The molecule has 55 heavy (non-hydrogen) atoms. The number of fused-ring (bicyclic) bond motifs is 1. The highest BCUT2D eigenvalue weighted by Gasteiger charge is 2.30. The highest BCUT2D eigenvalue weighted by molar-refractivity contribution is 5.94. The van der Waals surface area contributed by atoms with Crippen LogP contribution in [0.15, 0.2) is 85.2 Å². The molecule has 2 aliphatic heterocycles. The molecule has 1 amide bonds. The maximum Gasteiger partial charge on any atom is 0.251 e. The lowest BCUT2D eigenvalue weighted by molar-refractivity contribution is 0.0838. The second-order valence-electron chi connectivity index (χ2n) is 13.1. The third kappa shape index (κ3) is 9.11. The van der Waals surface area contributed by atoms with Gasteiger partial charge in [-0.25, -0.2) is 15.0 Å². The van der Waals surface area contributed by atoms with Crippen molar-refractivity contribution in [2.75, 3.05) is 88.1 Å². The third-order valence-electron chi connectivity index (χ3n) is 9.58. The molecular weight excluding hydrogens is 701 g/mol. The summed E-state index contributed by atoms with van der Waals surface area (Å²) in [7, 11) is 3.33. The van der Waals surface area contributed by atoms with Crippen LogP contribution in [0, 0.1) is 0 Å². The van der Waals surface area contributed by atoms with Gasteiger partial charge in [-0.15, -0.1) is 0 Å². The van der Waals surface area contributed by atoms with E-state index < -0.39 is 0 Å². The highest BCUT2D eigenvalue weighted by Crippen LogP contribution is 2.39. The number of hydrogen-bond donors (Lipinski definition) is 2. The number of benzene rings is 3. The molecule has 0 atom stereocenters. The van der Waals surface area contributed by atoms with Crippen molar-refractivity contribution in [2.45, 2.75) is 19.5 Å².